The lowest BCUT2D eigenvalue weighted by Crippen LogP contribution is -2.00. The maximum absolute atomic E-state index is 10.1. The molecule has 332 valence electrons. The summed E-state index contributed by atoms with van der Waals surface area (Å²) in [6.45, 7) is 1.33. The first kappa shape index (κ1) is 45.6. The molecule has 10 aromatic rings. The van der Waals surface area contributed by atoms with Gasteiger partial charge in [-0.3, -0.25) is 0 Å². The number of hydrogen-bond donors (Lipinski definition) is 3. The van der Waals surface area contributed by atoms with Crippen molar-refractivity contribution in [3.8, 4) is 11.5 Å². The number of halogens is 1. The van der Waals surface area contributed by atoms with Crippen LogP contribution in [0, 0.1) is 0 Å². The van der Waals surface area contributed by atoms with E-state index >= 15 is 0 Å². The van der Waals surface area contributed by atoms with Crippen LogP contribution in [0.3, 0.4) is 0 Å². The molecule has 0 fully saturated rings. The highest BCUT2D eigenvalue weighted by Gasteiger charge is 2.15. The Kier molecular flexibility index (Phi) is 16.0. The topological polar surface area (TPSA) is 121 Å². The Morgan fingerprint density at radius 3 is 1.18 bits per heavy atom. The van der Waals surface area contributed by atoms with Crippen molar-refractivity contribution in [1.29, 1.82) is 0 Å². The van der Waals surface area contributed by atoms with Crippen LogP contribution >= 0.6 is 15.9 Å². The second-order valence-corrected chi connectivity index (χ2v) is 17.3. The zero-order valence-corrected chi connectivity index (χ0v) is 38.5. The number of unbranched alkanes of at least 4 members (excludes halogenated alkanes) is 10. The van der Waals surface area contributed by atoms with Crippen LogP contribution in [0.4, 0.5) is 0 Å². The molecule has 0 aliphatic heterocycles. The van der Waals surface area contributed by atoms with Crippen LogP contribution < -0.4 is 4.74 Å². The average molecular weight is 930 g/mol. The van der Waals surface area contributed by atoms with Crippen LogP contribution in [0.5, 0.6) is 11.5 Å². The van der Waals surface area contributed by atoms with Gasteiger partial charge in [-0.1, -0.05) is 176 Å². The first-order chi connectivity index (χ1) is 32.1. The minimum atomic E-state index is 0.161. The molecule has 10 rings (SSSR count). The summed E-state index contributed by atoms with van der Waals surface area (Å²) in [4.78, 5) is 19.7. The molecule has 8 aromatic carbocycles. The fraction of sp³-hybridized carbons (Fsp3) is 0.286. The number of benzene rings is 8. The summed E-state index contributed by atoms with van der Waals surface area (Å²) < 4.78 is 6.15. The Hall–Kier alpha value is -6.00. The van der Waals surface area contributed by atoms with Gasteiger partial charge in [0.15, 0.2) is 0 Å². The summed E-state index contributed by atoms with van der Waals surface area (Å²) in [5.74, 6) is 0.962. The highest BCUT2D eigenvalue weighted by atomic mass is 79.9. The van der Waals surface area contributed by atoms with Gasteiger partial charge in [-0.05, 0) is 71.5 Å². The van der Waals surface area contributed by atoms with Crippen LogP contribution in [0.2, 0.25) is 0 Å². The number of fused-ring (bicyclic) bond motifs is 14. The van der Waals surface area contributed by atoms with Gasteiger partial charge in [0.05, 0.1) is 39.7 Å². The SMILES string of the molecule is OCCCCCCCCBr.OCCCCCCCCOc1cccc2nc3c4ccccc4c4ccccc4c3nc12.Oc1cccc2nc3c4ccccc4c4ccccc4c3nc12. The Morgan fingerprint density at radius 1 is 0.354 bits per heavy atom. The van der Waals surface area contributed by atoms with Crippen molar-refractivity contribution in [2.75, 3.05) is 25.2 Å². The van der Waals surface area contributed by atoms with Crippen molar-refractivity contribution >= 4 is 103 Å². The van der Waals surface area contributed by atoms with E-state index in [9.17, 15) is 5.11 Å². The fourth-order valence-corrected chi connectivity index (χ4v) is 9.09. The molecule has 9 heteroatoms. The summed E-state index contributed by atoms with van der Waals surface area (Å²) in [5.41, 5.74) is 6.49. The van der Waals surface area contributed by atoms with Gasteiger partial charge in [0, 0.05) is 40.1 Å². The minimum Gasteiger partial charge on any atom is -0.506 e. The molecule has 0 unspecified atom stereocenters. The number of ether oxygens (including phenoxy) is 1. The number of phenols is 1. The molecule has 65 heavy (non-hydrogen) atoms. The van der Waals surface area contributed by atoms with Crippen molar-refractivity contribution in [1.82, 2.24) is 19.9 Å². The zero-order valence-electron chi connectivity index (χ0n) is 36.9. The lowest BCUT2D eigenvalue weighted by atomic mass is 9.99. The standard InChI is InChI=1S/C28H28N2O2.C20H12N2O.C8H17BrO/c31-18-9-3-1-2-4-10-19-32-25-17-11-16-24-28(25)30-27-23-15-8-6-13-21(23)20-12-5-7-14-22(20)26(27)29-24;23-17-11-5-10-16-20(17)22-19-15-9-4-2-7-13(15)12-6-1-3-8-14(12)18(19)21-16;9-7-5-3-1-2-4-6-8-10/h5-8,11-17,31H,1-4,9-10,18-19H2;1-11,23H;10H,1-8H2. The molecule has 0 spiro atoms. The number of aromatic hydroxyl groups is 1. The molecule has 2 heterocycles. The van der Waals surface area contributed by atoms with Crippen LogP contribution in [0.1, 0.15) is 77.0 Å². The number of para-hydroxylation sites is 2. The van der Waals surface area contributed by atoms with Crippen molar-refractivity contribution in [2.24, 2.45) is 0 Å². The third kappa shape index (κ3) is 10.6. The van der Waals surface area contributed by atoms with E-state index in [2.05, 4.69) is 88.7 Å². The number of aromatic nitrogens is 4. The van der Waals surface area contributed by atoms with Gasteiger partial charge < -0.3 is 20.1 Å². The van der Waals surface area contributed by atoms with Gasteiger partial charge in [-0.15, -0.1) is 0 Å². The Labute approximate surface area is 388 Å². The van der Waals surface area contributed by atoms with Crippen molar-refractivity contribution < 1.29 is 20.1 Å². The molecule has 0 aliphatic rings. The largest absolute Gasteiger partial charge is 0.506 e. The van der Waals surface area contributed by atoms with Gasteiger partial charge in [-0.2, -0.15) is 0 Å². The normalized spacial score (nSPS) is 11.4. The second kappa shape index (κ2) is 22.8. The van der Waals surface area contributed by atoms with Gasteiger partial charge in [-0.25, -0.2) is 19.9 Å². The molecule has 8 nitrogen and oxygen atoms in total. The third-order valence-corrected chi connectivity index (χ3v) is 12.6. The molecule has 0 saturated heterocycles. The Morgan fingerprint density at radius 2 is 0.723 bits per heavy atom. The number of phenolic OH excluding ortho intramolecular Hbond substituents is 1. The number of alkyl halides is 1. The number of rotatable bonds is 16. The maximum atomic E-state index is 10.1. The van der Waals surface area contributed by atoms with Crippen LogP contribution in [-0.2, 0) is 0 Å². The van der Waals surface area contributed by atoms with Crippen molar-refractivity contribution in [3.63, 3.8) is 0 Å². The lowest BCUT2D eigenvalue weighted by molar-refractivity contribution is 0.280. The van der Waals surface area contributed by atoms with E-state index in [1.807, 2.05) is 48.5 Å². The van der Waals surface area contributed by atoms with E-state index in [1.54, 1.807) is 12.1 Å². The number of aliphatic hydroxyl groups is 2. The summed E-state index contributed by atoms with van der Waals surface area (Å²) >= 11 is 3.39. The molecule has 0 atom stereocenters. The molecule has 0 saturated carbocycles. The molecule has 0 amide bonds. The van der Waals surface area contributed by atoms with E-state index in [0.717, 1.165) is 103 Å². The minimum absolute atomic E-state index is 0.161. The quantitative estimate of drug-likeness (QED) is 0.0379. The first-order valence-corrected chi connectivity index (χ1v) is 24.3. The number of aliphatic hydroxyl groups excluding tert-OH is 2. The Bertz CT molecular complexity index is 3170. The fourth-order valence-electron chi connectivity index (χ4n) is 8.70. The highest BCUT2D eigenvalue weighted by Crippen LogP contribution is 2.37. The Balaban J connectivity index is 0.000000152. The average Bonchev–Trinajstić information content (AvgIpc) is 3.36. The molecule has 2 aromatic heterocycles. The predicted octanol–water partition coefficient (Wildman–Crippen LogP) is 14.3. The van der Waals surface area contributed by atoms with Crippen LogP contribution in [0.15, 0.2) is 133 Å². The predicted molar refractivity (Wildman–Crippen MR) is 275 cm³/mol. The van der Waals surface area contributed by atoms with E-state index in [1.165, 1.54) is 61.1 Å². The van der Waals surface area contributed by atoms with Crippen LogP contribution in [-0.4, -0.2) is 60.4 Å². The van der Waals surface area contributed by atoms with Gasteiger partial charge in [0.2, 0.25) is 0 Å². The maximum Gasteiger partial charge on any atom is 0.147 e. The second-order valence-electron chi connectivity index (χ2n) is 16.5. The van der Waals surface area contributed by atoms with Crippen molar-refractivity contribution in [2.45, 2.75) is 77.0 Å². The molecular formula is C56H57BrN4O4. The molecule has 0 radical (unpaired) electrons. The van der Waals surface area contributed by atoms with Gasteiger partial charge >= 0.3 is 0 Å². The molecule has 3 N–H and O–H groups in total. The monoisotopic (exact) mass is 928 g/mol. The van der Waals surface area contributed by atoms with E-state index in [0.29, 0.717) is 30.9 Å². The summed E-state index contributed by atoms with van der Waals surface area (Å²) in [7, 11) is 0. The summed E-state index contributed by atoms with van der Waals surface area (Å²) in [6.07, 6.45) is 13.9. The smallest absolute Gasteiger partial charge is 0.147 e. The molecule has 0 aliphatic carbocycles. The number of hydrogen-bond acceptors (Lipinski definition) is 8. The van der Waals surface area contributed by atoms with E-state index in [4.69, 9.17) is 34.9 Å². The molecule has 0 bridgehead atoms. The van der Waals surface area contributed by atoms with E-state index < -0.39 is 0 Å². The van der Waals surface area contributed by atoms with E-state index in [-0.39, 0.29) is 5.75 Å². The van der Waals surface area contributed by atoms with Gasteiger partial charge in [0.1, 0.15) is 22.5 Å². The number of nitrogens with zero attached hydrogens (tertiary/aromatic N) is 4. The zero-order chi connectivity index (χ0) is 44.8. The first-order valence-electron chi connectivity index (χ1n) is 23.2. The highest BCUT2D eigenvalue weighted by molar-refractivity contribution is 9.09. The third-order valence-electron chi connectivity index (χ3n) is 12.0. The summed E-state index contributed by atoms with van der Waals surface area (Å²) in [5, 5.41) is 37.7. The lowest BCUT2D eigenvalue weighted by Gasteiger charge is -2.12. The molecular weight excluding hydrogens is 873 g/mol. The summed E-state index contributed by atoms with van der Waals surface area (Å²) in [6, 6.07) is 44.6. The van der Waals surface area contributed by atoms with Crippen LogP contribution in [0.25, 0.3) is 87.2 Å². The van der Waals surface area contributed by atoms with Crippen molar-refractivity contribution in [3.05, 3.63) is 133 Å². The van der Waals surface area contributed by atoms with Gasteiger partial charge in [0.25, 0.3) is 0 Å².